The number of amides is 1. The highest BCUT2D eigenvalue weighted by molar-refractivity contribution is 5.79. The topological polar surface area (TPSA) is 55.1 Å². The van der Waals surface area contributed by atoms with Crippen molar-refractivity contribution in [2.75, 3.05) is 7.05 Å². The molecule has 4 heteroatoms. The molecule has 1 N–H and O–H groups in total. The van der Waals surface area contributed by atoms with Crippen LogP contribution in [-0.4, -0.2) is 18.1 Å². The standard InChI is InChI=1S/C14H22N2O2/c1-4-10(9(2)14(17)15-3)13-11-7-5-6-8-12(11)18-16-13/h9-10H,4-8H2,1-3H3,(H,15,17). The van der Waals surface area contributed by atoms with Gasteiger partial charge < -0.3 is 9.84 Å². The van der Waals surface area contributed by atoms with Crippen LogP contribution in [0.4, 0.5) is 0 Å². The van der Waals surface area contributed by atoms with E-state index in [9.17, 15) is 4.79 Å². The van der Waals surface area contributed by atoms with Gasteiger partial charge in [0.05, 0.1) is 5.69 Å². The first kappa shape index (κ1) is 13.1. The van der Waals surface area contributed by atoms with Crippen LogP contribution in [0.15, 0.2) is 4.52 Å². The third-order valence-corrected chi connectivity index (χ3v) is 4.04. The number of hydrogen-bond acceptors (Lipinski definition) is 3. The van der Waals surface area contributed by atoms with Crippen molar-refractivity contribution in [3.8, 4) is 0 Å². The van der Waals surface area contributed by atoms with Gasteiger partial charge in [-0.05, 0) is 25.7 Å². The average Bonchev–Trinajstić information content (AvgIpc) is 2.83. The molecule has 0 spiro atoms. The Hall–Kier alpha value is -1.32. The molecule has 0 saturated heterocycles. The van der Waals surface area contributed by atoms with Crippen LogP contribution in [0.1, 0.15) is 56.0 Å². The molecule has 1 aliphatic rings. The van der Waals surface area contributed by atoms with Crippen molar-refractivity contribution >= 4 is 5.91 Å². The maximum Gasteiger partial charge on any atom is 0.223 e. The lowest BCUT2D eigenvalue weighted by atomic mass is 9.83. The van der Waals surface area contributed by atoms with E-state index in [1.165, 1.54) is 18.4 Å². The van der Waals surface area contributed by atoms with Gasteiger partial charge in [-0.2, -0.15) is 0 Å². The normalized spacial score (nSPS) is 17.9. The molecular weight excluding hydrogens is 228 g/mol. The van der Waals surface area contributed by atoms with Crippen LogP contribution < -0.4 is 5.32 Å². The average molecular weight is 250 g/mol. The van der Waals surface area contributed by atoms with Gasteiger partial charge >= 0.3 is 0 Å². The molecule has 0 aromatic carbocycles. The number of rotatable bonds is 4. The van der Waals surface area contributed by atoms with Crippen LogP contribution in [0.25, 0.3) is 0 Å². The highest BCUT2D eigenvalue weighted by atomic mass is 16.5. The maximum absolute atomic E-state index is 11.8. The fourth-order valence-electron chi connectivity index (χ4n) is 2.89. The van der Waals surface area contributed by atoms with Gasteiger partial charge in [0.2, 0.25) is 5.91 Å². The van der Waals surface area contributed by atoms with Crippen molar-refractivity contribution in [3.05, 3.63) is 17.0 Å². The van der Waals surface area contributed by atoms with E-state index in [4.69, 9.17) is 4.52 Å². The quantitative estimate of drug-likeness (QED) is 0.893. The lowest BCUT2D eigenvalue weighted by Gasteiger charge is -2.21. The van der Waals surface area contributed by atoms with Crippen LogP contribution in [0.2, 0.25) is 0 Å². The summed E-state index contributed by atoms with van der Waals surface area (Å²) in [5.41, 5.74) is 2.28. The molecule has 1 aromatic heterocycles. The zero-order chi connectivity index (χ0) is 13.1. The summed E-state index contributed by atoms with van der Waals surface area (Å²) < 4.78 is 5.45. The van der Waals surface area contributed by atoms with Crippen LogP contribution >= 0.6 is 0 Å². The van der Waals surface area contributed by atoms with Gasteiger partial charge in [0.15, 0.2) is 0 Å². The van der Waals surface area contributed by atoms with E-state index in [0.29, 0.717) is 0 Å². The SMILES string of the molecule is CCC(c1noc2c1CCCC2)C(C)C(=O)NC. The molecule has 0 aliphatic heterocycles. The lowest BCUT2D eigenvalue weighted by Crippen LogP contribution is -2.30. The zero-order valence-electron chi connectivity index (χ0n) is 11.5. The molecule has 0 radical (unpaired) electrons. The predicted octanol–water partition coefficient (Wildman–Crippen LogP) is 2.43. The number of nitrogens with one attached hydrogen (secondary N) is 1. The van der Waals surface area contributed by atoms with Crippen LogP contribution in [0, 0.1) is 5.92 Å². The maximum atomic E-state index is 11.8. The molecule has 2 unspecified atom stereocenters. The number of carbonyl (C=O) groups excluding carboxylic acids is 1. The van der Waals surface area contributed by atoms with Crippen LogP contribution in [-0.2, 0) is 17.6 Å². The third-order valence-electron chi connectivity index (χ3n) is 4.04. The van der Waals surface area contributed by atoms with Crippen molar-refractivity contribution in [3.63, 3.8) is 0 Å². The fraction of sp³-hybridized carbons (Fsp3) is 0.714. The zero-order valence-corrected chi connectivity index (χ0v) is 11.5. The minimum absolute atomic E-state index is 0.0591. The molecule has 1 aromatic rings. The molecule has 0 saturated carbocycles. The molecule has 1 heterocycles. The highest BCUT2D eigenvalue weighted by Gasteiger charge is 2.30. The largest absolute Gasteiger partial charge is 0.361 e. The molecule has 2 atom stereocenters. The Kier molecular flexibility index (Phi) is 4.04. The summed E-state index contributed by atoms with van der Waals surface area (Å²) >= 11 is 0. The van der Waals surface area contributed by atoms with Crippen molar-refractivity contribution in [2.24, 2.45) is 5.92 Å². The van der Waals surface area contributed by atoms with E-state index in [-0.39, 0.29) is 17.7 Å². The van der Waals surface area contributed by atoms with Gasteiger partial charge in [0.1, 0.15) is 5.76 Å². The molecule has 1 amide bonds. The number of aromatic nitrogens is 1. The van der Waals surface area contributed by atoms with E-state index in [0.717, 1.165) is 30.7 Å². The molecule has 100 valence electrons. The Balaban J connectivity index is 2.27. The van der Waals surface area contributed by atoms with Gasteiger partial charge in [0, 0.05) is 30.9 Å². The Bertz CT molecular complexity index is 425. The van der Waals surface area contributed by atoms with E-state index in [2.05, 4.69) is 17.4 Å². The Morgan fingerprint density at radius 3 is 2.83 bits per heavy atom. The Labute approximate surface area is 108 Å². The number of nitrogens with zero attached hydrogens (tertiary/aromatic N) is 1. The summed E-state index contributed by atoms with van der Waals surface area (Å²) in [6, 6.07) is 0. The first-order chi connectivity index (χ1) is 8.69. The Morgan fingerprint density at radius 2 is 2.17 bits per heavy atom. The van der Waals surface area contributed by atoms with Gasteiger partial charge in [-0.3, -0.25) is 4.79 Å². The van der Waals surface area contributed by atoms with E-state index < -0.39 is 0 Å². The van der Waals surface area contributed by atoms with Gasteiger partial charge in [-0.25, -0.2) is 0 Å². The second-order valence-corrected chi connectivity index (χ2v) is 5.09. The smallest absolute Gasteiger partial charge is 0.223 e. The summed E-state index contributed by atoms with van der Waals surface area (Å²) in [7, 11) is 1.68. The highest BCUT2D eigenvalue weighted by Crippen LogP contribution is 2.34. The summed E-state index contributed by atoms with van der Waals surface area (Å²) in [6.07, 6.45) is 5.33. The molecule has 1 aliphatic carbocycles. The first-order valence-electron chi connectivity index (χ1n) is 6.87. The van der Waals surface area contributed by atoms with E-state index in [1.807, 2.05) is 6.92 Å². The predicted molar refractivity (Wildman–Crippen MR) is 69.4 cm³/mol. The van der Waals surface area contributed by atoms with Crippen molar-refractivity contribution < 1.29 is 9.32 Å². The van der Waals surface area contributed by atoms with Crippen LogP contribution in [0.3, 0.4) is 0 Å². The number of hydrogen-bond donors (Lipinski definition) is 1. The van der Waals surface area contributed by atoms with Crippen molar-refractivity contribution in [1.82, 2.24) is 10.5 Å². The second-order valence-electron chi connectivity index (χ2n) is 5.09. The summed E-state index contributed by atoms with van der Waals surface area (Å²) in [6.45, 7) is 4.07. The summed E-state index contributed by atoms with van der Waals surface area (Å²) in [5, 5.41) is 6.98. The number of aryl methyl sites for hydroxylation is 1. The van der Waals surface area contributed by atoms with Gasteiger partial charge in [0.25, 0.3) is 0 Å². The van der Waals surface area contributed by atoms with E-state index in [1.54, 1.807) is 7.05 Å². The minimum Gasteiger partial charge on any atom is -0.361 e. The molecule has 2 rings (SSSR count). The summed E-state index contributed by atoms with van der Waals surface area (Å²) in [5.74, 6) is 1.22. The number of carbonyl (C=O) groups is 1. The molecule has 18 heavy (non-hydrogen) atoms. The first-order valence-corrected chi connectivity index (χ1v) is 6.87. The fourth-order valence-corrected chi connectivity index (χ4v) is 2.89. The van der Waals surface area contributed by atoms with E-state index >= 15 is 0 Å². The third kappa shape index (κ3) is 2.28. The molecular formula is C14H22N2O2. The Morgan fingerprint density at radius 1 is 1.44 bits per heavy atom. The van der Waals surface area contributed by atoms with Crippen molar-refractivity contribution in [1.29, 1.82) is 0 Å². The lowest BCUT2D eigenvalue weighted by molar-refractivity contribution is -0.124. The van der Waals surface area contributed by atoms with Gasteiger partial charge in [-0.1, -0.05) is 19.0 Å². The minimum atomic E-state index is -0.0591. The molecule has 4 nitrogen and oxygen atoms in total. The monoisotopic (exact) mass is 250 g/mol. The van der Waals surface area contributed by atoms with Gasteiger partial charge in [-0.15, -0.1) is 0 Å². The van der Waals surface area contributed by atoms with Crippen molar-refractivity contribution in [2.45, 2.75) is 51.9 Å². The second kappa shape index (κ2) is 5.55. The number of fused-ring (bicyclic) bond motifs is 1. The molecule has 0 bridgehead atoms. The van der Waals surface area contributed by atoms with Crippen LogP contribution in [0.5, 0.6) is 0 Å². The summed E-state index contributed by atoms with van der Waals surface area (Å²) in [4.78, 5) is 11.8. The molecule has 0 fully saturated rings.